The monoisotopic (exact) mass is 781 g/mol. The fraction of sp³-hybridized carbons (Fsp3) is 0.242. The van der Waals surface area contributed by atoms with Crippen molar-refractivity contribution in [2.45, 2.75) is 24.5 Å². The summed E-state index contributed by atoms with van der Waals surface area (Å²) >= 11 is 1.23. The summed E-state index contributed by atoms with van der Waals surface area (Å²) in [5.41, 5.74) is 5.76. The molecule has 4 aromatic rings. The van der Waals surface area contributed by atoms with E-state index in [4.69, 9.17) is 10.2 Å². The Hall–Kier alpha value is -6.91. The van der Waals surface area contributed by atoms with Crippen LogP contribution in [0.5, 0.6) is 5.75 Å². The van der Waals surface area contributed by atoms with E-state index in [1.54, 1.807) is 17.9 Å². The number of amides is 2. The third-order valence-electron chi connectivity index (χ3n) is 8.97. The van der Waals surface area contributed by atoms with Gasteiger partial charge in [-0.15, -0.1) is 11.3 Å². The van der Waals surface area contributed by atoms with E-state index in [1.165, 1.54) is 42.5 Å². The van der Waals surface area contributed by atoms with Gasteiger partial charge in [-0.3, -0.25) is 55.2 Å². The molecule has 4 atom stereocenters. The molecule has 22 heteroatoms. The summed E-state index contributed by atoms with van der Waals surface area (Å²) in [5.74, 6) is -8.00. The Bertz CT molecular complexity index is 2230. The van der Waals surface area contributed by atoms with Crippen molar-refractivity contribution in [1.29, 1.82) is 0 Å². The first kappa shape index (κ1) is 39.3. The lowest BCUT2D eigenvalue weighted by Gasteiger charge is -2.50. The van der Waals surface area contributed by atoms with Gasteiger partial charge in [0.1, 0.15) is 33.5 Å². The summed E-state index contributed by atoms with van der Waals surface area (Å²) in [6, 6.07) is 7.24. The van der Waals surface area contributed by atoms with Crippen LogP contribution in [0.4, 0.5) is 16.7 Å². The van der Waals surface area contributed by atoms with Crippen molar-refractivity contribution in [3.63, 3.8) is 0 Å². The van der Waals surface area contributed by atoms with E-state index < -0.39 is 73.6 Å². The van der Waals surface area contributed by atoms with Gasteiger partial charge in [-0.25, -0.2) is 4.98 Å². The number of phenolic OH excluding ortho intramolecular Hbond substituents is 1. The number of hydrogen-bond donors (Lipinski definition) is 7. The van der Waals surface area contributed by atoms with Gasteiger partial charge in [0.25, 0.3) is 11.6 Å². The molecule has 0 saturated heterocycles. The standard InChI is InChI=1S/C21H21N3O9.C8H6N4O4S.C4H4O/c1-23(2)15-9-6-7-5-8-10(24(32)33)3-4-11(25)13(8)16(26)12(7)18(28)21(9,31)19(29)14(17(15)27)20(22)30;13-4-9-11-8-10-5(3-17-8)6-1-2-7(16-6)12(14)15;1-2-4-5-3-1/h3-4,7,9,15,25-26,29,31H,5-6H2,1-2H3,(H2,22,30);1-4H,(H,9,13)(H,10,11);1-4H/t7-,9-,15-,21-;;/m0../s1. The lowest BCUT2D eigenvalue weighted by atomic mass is 9.57. The molecule has 1 fully saturated rings. The lowest BCUT2D eigenvalue weighted by molar-refractivity contribution is -0.401. The zero-order valence-corrected chi connectivity index (χ0v) is 29.4. The molecule has 2 amide bonds. The third-order valence-corrected chi connectivity index (χ3v) is 9.73. The second kappa shape index (κ2) is 15.6. The number of nitrogens with two attached hydrogens (primary N) is 1. The van der Waals surface area contributed by atoms with Gasteiger partial charge in [0.2, 0.25) is 17.3 Å². The van der Waals surface area contributed by atoms with Crippen molar-refractivity contribution in [3.05, 3.63) is 103 Å². The number of ketones is 2. The number of benzene rings is 1. The van der Waals surface area contributed by atoms with E-state index in [9.17, 15) is 59.8 Å². The van der Waals surface area contributed by atoms with Gasteiger partial charge >= 0.3 is 5.88 Å². The molecular formula is C33H31N7O14S. The topological polar surface area (TPSA) is 328 Å². The highest BCUT2D eigenvalue weighted by Gasteiger charge is 2.64. The number of hydrogen-bond acceptors (Lipinski definition) is 18. The first-order valence-electron chi connectivity index (χ1n) is 15.8. The number of phenols is 1. The molecule has 1 aromatic carbocycles. The Morgan fingerprint density at radius 3 is 2.35 bits per heavy atom. The van der Waals surface area contributed by atoms with Crippen molar-refractivity contribution in [3.8, 4) is 17.2 Å². The van der Waals surface area contributed by atoms with Crippen LogP contribution in [0.15, 0.2) is 80.0 Å². The van der Waals surface area contributed by atoms with Crippen LogP contribution >= 0.6 is 11.3 Å². The number of rotatable bonds is 8. The molecule has 8 N–H and O–H groups in total. The van der Waals surface area contributed by atoms with Crippen LogP contribution in [0.1, 0.15) is 17.5 Å². The van der Waals surface area contributed by atoms with Crippen LogP contribution in [0.3, 0.4) is 0 Å². The number of nitrogens with one attached hydrogen (secondary N) is 2. The minimum Gasteiger partial charge on any atom is -0.508 e. The van der Waals surface area contributed by atoms with Gasteiger partial charge in [0, 0.05) is 28.5 Å². The van der Waals surface area contributed by atoms with E-state index in [2.05, 4.69) is 20.3 Å². The van der Waals surface area contributed by atoms with E-state index >= 15 is 0 Å². The number of thiazole rings is 1. The minimum atomic E-state index is -2.75. The van der Waals surface area contributed by atoms with Crippen LogP contribution in [0.2, 0.25) is 0 Å². The summed E-state index contributed by atoms with van der Waals surface area (Å²) in [5, 5.41) is 67.3. The fourth-order valence-electron chi connectivity index (χ4n) is 6.72. The number of aromatic nitrogens is 1. The van der Waals surface area contributed by atoms with Gasteiger partial charge in [0.05, 0.1) is 35.1 Å². The molecule has 3 heterocycles. The number of nitro groups is 2. The molecule has 0 aliphatic heterocycles. The molecular weight excluding hydrogens is 750 g/mol. The average molecular weight is 782 g/mol. The van der Waals surface area contributed by atoms with Crippen LogP contribution in [0, 0.1) is 32.1 Å². The van der Waals surface area contributed by atoms with Gasteiger partial charge in [-0.2, -0.15) is 0 Å². The molecule has 0 unspecified atom stereocenters. The number of furan rings is 2. The summed E-state index contributed by atoms with van der Waals surface area (Å²) in [6.45, 7) is 0. The van der Waals surface area contributed by atoms with Crippen molar-refractivity contribution >= 4 is 57.7 Å². The van der Waals surface area contributed by atoms with Crippen LogP contribution in [-0.4, -0.2) is 89.8 Å². The number of likely N-dealkylation sites (N-methyl/N-ethyl adjacent to an activating group) is 1. The Labute approximate surface area is 312 Å². The molecule has 21 nitrogen and oxygen atoms in total. The van der Waals surface area contributed by atoms with Crippen LogP contribution in [-0.2, 0) is 25.6 Å². The van der Waals surface area contributed by atoms with Crippen molar-refractivity contribution in [2.24, 2.45) is 17.6 Å². The predicted molar refractivity (Wildman–Crippen MR) is 189 cm³/mol. The predicted octanol–water partition coefficient (Wildman–Crippen LogP) is 2.54. The number of fused-ring (bicyclic) bond motifs is 3. The number of anilines is 1. The lowest BCUT2D eigenvalue weighted by Crippen LogP contribution is -2.65. The summed E-state index contributed by atoms with van der Waals surface area (Å²) in [7, 11) is 2.96. The molecule has 288 valence electrons. The molecule has 7 rings (SSSR count). The molecule has 3 aromatic heterocycles. The zero-order valence-electron chi connectivity index (χ0n) is 28.6. The van der Waals surface area contributed by atoms with Crippen molar-refractivity contribution in [1.82, 2.24) is 15.3 Å². The number of carbonyl (C=O) groups is 4. The summed E-state index contributed by atoms with van der Waals surface area (Å²) in [6.07, 6.45) is 3.44. The number of primary amides is 1. The van der Waals surface area contributed by atoms with E-state index in [-0.39, 0.29) is 41.1 Å². The molecule has 3 aliphatic rings. The maximum Gasteiger partial charge on any atom is 0.433 e. The highest BCUT2D eigenvalue weighted by Crippen LogP contribution is 2.53. The Balaban J connectivity index is 0.000000217. The Kier molecular flexibility index (Phi) is 11.1. The number of Topliss-reactive ketones (excluding diaryl/α,β-unsaturated/α-hetero) is 2. The molecule has 1 saturated carbocycles. The zero-order chi connectivity index (χ0) is 40.4. The summed E-state index contributed by atoms with van der Waals surface area (Å²) in [4.78, 5) is 74.5. The highest BCUT2D eigenvalue weighted by atomic mass is 32.1. The highest BCUT2D eigenvalue weighted by molar-refractivity contribution is 7.14. The second-order valence-corrected chi connectivity index (χ2v) is 13.1. The third kappa shape index (κ3) is 7.23. The maximum absolute atomic E-state index is 13.6. The number of aromatic hydroxyl groups is 1. The number of aliphatic hydroxyl groups is 3. The average Bonchev–Trinajstić information content (AvgIpc) is 3.93. The smallest absolute Gasteiger partial charge is 0.433 e. The largest absolute Gasteiger partial charge is 0.508 e. The molecule has 55 heavy (non-hydrogen) atoms. The van der Waals surface area contributed by atoms with Gasteiger partial charge in [0.15, 0.2) is 17.1 Å². The molecule has 0 bridgehead atoms. The normalized spacial score (nSPS) is 21.2. The van der Waals surface area contributed by atoms with Gasteiger partial charge < -0.3 is 35.0 Å². The first-order chi connectivity index (χ1) is 26.0. The minimum absolute atomic E-state index is 0.00520. The van der Waals surface area contributed by atoms with Crippen LogP contribution < -0.4 is 16.6 Å². The summed E-state index contributed by atoms with van der Waals surface area (Å²) < 4.78 is 9.56. The Morgan fingerprint density at radius 1 is 1.11 bits per heavy atom. The van der Waals surface area contributed by atoms with Gasteiger partial charge in [-0.1, -0.05) is 0 Å². The number of nitro benzene ring substituents is 1. The van der Waals surface area contributed by atoms with E-state index in [0.29, 0.717) is 23.0 Å². The van der Waals surface area contributed by atoms with Crippen molar-refractivity contribution in [2.75, 3.05) is 19.5 Å². The number of hydrazine groups is 1. The quantitative estimate of drug-likeness (QED) is 0.0584. The number of carbonyl (C=O) groups excluding carboxylic acids is 4. The number of aliphatic hydroxyl groups excluding tert-OH is 2. The SMILES string of the molecule is CN(C)[C@@H]1C(=O)C(C(N)=O)=C(O)[C@@]2(O)C(=O)C3=C(O)c4c(O)ccc([N+](=O)[O-])c4C[C@H]3C[C@@H]12.O=CNNc1nc(-c2ccc([N+](=O)[O-])o2)cs1.c1ccoc1. The molecule has 3 aliphatic carbocycles. The second-order valence-electron chi connectivity index (χ2n) is 12.3. The van der Waals surface area contributed by atoms with E-state index in [1.807, 2.05) is 12.1 Å². The molecule has 0 radical (unpaired) electrons. The van der Waals surface area contributed by atoms with E-state index in [0.717, 1.165) is 12.1 Å². The maximum atomic E-state index is 13.6. The first-order valence-corrected chi connectivity index (χ1v) is 16.7. The molecule has 0 spiro atoms. The van der Waals surface area contributed by atoms with Crippen LogP contribution in [0.25, 0.3) is 17.2 Å². The van der Waals surface area contributed by atoms with Crippen molar-refractivity contribution < 1.29 is 58.3 Å². The fourth-order valence-corrected chi connectivity index (χ4v) is 7.39. The van der Waals surface area contributed by atoms with Gasteiger partial charge in [-0.05, 0) is 57.1 Å². The number of nitrogens with zero attached hydrogens (tertiary/aromatic N) is 4. The Morgan fingerprint density at radius 2 is 1.80 bits per heavy atom.